The van der Waals surface area contributed by atoms with Gasteiger partial charge in [-0.05, 0) is 89.1 Å². The number of rotatable bonds is 10. The molecule has 3 aliphatic heterocycles. The molecule has 0 atom stereocenters. The predicted octanol–water partition coefficient (Wildman–Crippen LogP) is 6.85. The number of piperidine rings is 2. The van der Waals surface area contributed by atoms with Crippen molar-refractivity contribution in [1.29, 1.82) is 0 Å². The Bertz CT molecular complexity index is 1930. The van der Waals surface area contributed by atoms with E-state index in [0.717, 1.165) is 128 Å². The third-order valence-corrected chi connectivity index (χ3v) is 10.8. The molecular weight excluding hydrogens is 658 g/mol. The lowest BCUT2D eigenvalue weighted by molar-refractivity contribution is -0.0434. The Morgan fingerprint density at radius 2 is 1.83 bits per heavy atom. The van der Waals surface area contributed by atoms with Gasteiger partial charge in [-0.25, -0.2) is 4.79 Å². The van der Waals surface area contributed by atoms with Crippen LogP contribution in [-0.4, -0.2) is 114 Å². The first-order chi connectivity index (χ1) is 25.0. The number of carbonyl (C=O) groups is 1. The van der Waals surface area contributed by atoms with Crippen LogP contribution in [0.15, 0.2) is 31.0 Å². The number of benzene rings is 2. The summed E-state index contributed by atoms with van der Waals surface area (Å²) in [6.45, 7) is 21.1. The van der Waals surface area contributed by atoms with Crippen molar-refractivity contribution in [2.75, 3.05) is 71.0 Å². The minimum Gasteiger partial charge on any atom is -0.491 e. The Hall–Kier alpha value is -4.42. The Labute approximate surface area is 306 Å². The topological polar surface area (TPSA) is 118 Å². The van der Waals surface area contributed by atoms with E-state index in [2.05, 4.69) is 51.7 Å². The SMILES string of the molecule is C=Cc1cc2c(N3CCC4(CC3)CN(C(=O)OC(C)(C)C)C4)nc(OC3CCN(CCOC)CC3)nc2c(OCC)c1-c1c(C)ccc2[nH]ncc12. The molecule has 1 spiro atoms. The molecule has 52 heavy (non-hydrogen) atoms. The molecule has 1 amide bonds. The number of fused-ring (bicyclic) bond motifs is 2. The van der Waals surface area contributed by atoms with Crippen molar-refractivity contribution in [2.24, 2.45) is 5.41 Å². The first-order valence-electron chi connectivity index (χ1n) is 18.7. The average molecular weight is 712 g/mol. The number of aromatic nitrogens is 4. The van der Waals surface area contributed by atoms with Crippen molar-refractivity contribution in [3.63, 3.8) is 0 Å². The average Bonchev–Trinajstić information content (AvgIpc) is 3.59. The number of carbonyl (C=O) groups excluding carboxylic acids is 1. The van der Waals surface area contributed by atoms with Gasteiger partial charge in [0.25, 0.3) is 0 Å². The number of nitrogens with zero attached hydrogens (tertiary/aromatic N) is 6. The van der Waals surface area contributed by atoms with Crippen molar-refractivity contribution in [1.82, 2.24) is 30.0 Å². The Kier molecular flexibility index (Phi) is 10.1. The van der Waals surface area contributed by atoms with Crippen LogP contribution in [0.5, 0.6) is 11.8 Å². The van der Waals surface area contributed by atoms with Crippen LogP contribution in [0, 0.1) is 12.3 Å². The van der Waals surface area contributed by atoms with Gasteiger partial charge in [-0.15, -0.1) is 0 Å². The number of amides is 1. The molecule has 0 radical (unpaired) electrons. The van der Waals surface area contributed by atoms with E-state index < -0.39 is 5.60 Å². The molecular formula is C40H53N7O5. The van der Waals surface area contributed by atoms with E-state index in [-0.39, 0.29) is 17.6 Å². The van der Waals surface area contributed by atoms with E-state index in [1.807, 2.05) is 44.9 Å². The molecule has 5 heterocycles. The Balaban J connectivity index is 1.26. The minimum atomic E-state index is -0.508. The largest absolute Gasteiger partial charge is 0.491 e. The summed E-state index contributed by atoms with van der Waals surface area (Å²) in [5, 5.41) is 9.41. The van der Waals surface area contributed by atoms with Crippen LogP contribution in [0.4, 0.5) is 10.6 Å². The summed E-state index contributed by atoms with van der Waals surface area (Å²) in [4.78, 5) is 29.7. The maximum Gasteiger partial charge on any atom is 0.410 e. The summed E-state index contributed by atoms with van der Waals surface area (Å²) in [6, 6.07) is 6.69. The molecule has 12 heteroatoms. The van der Waals surface area contributed by atoms with Gasteiger partial charge in [0, 0.05) is 74.7 Å². The monoisotopic (exact) mass is 711 g/mol. The van der Waals surface area contributed by atoms with Crippen molar-refractivity contribution < 1.29 is 23.7 Å². The number of nitrogens with one attached hydrogen (secondary N) is 1. The van der Waals surface area contributed by atoms with Crippen LogP contribution in [0.1, 0.15) is 64.5 Å². The second kappa shape index (κ2) is 14.5. The highest BCUT2D eigenvalue weighted by Crippen LogP contribution is 2.47. The zero-order chi connectivity index (χ0) is 36.6. The zero-order valence-electron chi connectivity index (χ0n) is 31.6. The molecule has 4 aromatic rings. The third kappa shape index (κ3) is 7.15. The van der Waals surface area contributed by atoms with E-state index in [1.54, 1.807) is 7.11 Å². The van der Waals surface area contributed by atoms with Gasteiger partial charge in [0.1, 0.15) is 23.0 Å². The van der Waals surface area contributed by atoms with E-state index in [4.69, 9.17) is 28.9 Å². The van der Waals surface area contributed by atoms with Crippen molar-refractivity contribution in [2.45, 2.75) is 72.0 Å². The van der Waals surface area contributed by atoms with Gasteiger partial charge < -0.3 is 33.6 Å². The van der Waals surface area contributed by atoms with E-state index in [0.29, 0.717) is 18.4 Å². The van der Waals surface area contributed by atoms with Crippen molar-refractivity contribution in [3.05, 3.63) is 42.1 Å². The number of H-pyrrole nitrogens is 1. The maximum absolute atomic E-state index is 12.7. The summed E-state index contributed by atoms with van der Waals surface area (Å²) >= 11 is 0. The lowest BCUT2D eigenvalue weighted by atomic mass is 9.72. The molecule has 2 aromatic carbocycles. The summed E-state index contributed by atoms with van der Waals surface area (Å²) in [6.07, 6.45) is 7.21. The maximum atomic E-state index is 12.7. The summed E-state index contributed by atoms with van der Waals surface area (Å²) in [5.74, 6) is 1.53. The third-order valence-electron chi connectivity index (χ3n) is 10.8. The van der Waals surface area contributed by atoms with Gasteiger partial charge >= 0.3 is 12.1 Å². The lowest BCUT2D eigenvalue weighted by Crippen LogP contribution is -2.62. The molecule has 0 saturated carbocycles. The van der Waals surface area contributed by atoms with Gasteiger partial charge in [0.2, 0.25) is 0 Å². The van der Waals surface area contributed by atoms with Gasteiger partial charge in [-0.1, -0.05) is 18.7 Å². The molecule has 1 N–H and O–H groups in total. The second-order valence-corrected chi connectivity index (χ2v) is 15.6. The van der Waals surface area contributed by atoms with Crippen LogP contribution in [0.3, 0.4) is 0 Å². The van der Waals surface area contributed by atoms with Crippen LogP contribution < -0.4 is 14.4 Å². The van der Waals surface area contributed by atoms with E-state index in [1.165, 1.54) is 0 Å². The van der Waals surface area contributed by atoms with Crippen LogP contribution in [0.25, 0.3) is 39.0 Å². The number of hydrogen-bond donors (Lipinski definition) is 1. The van der Waals surface area contributed by atoms with Gasteiger partial charge in [0.05, 0.1) is 24.9 Å². The smallest absolute Gasteiger partial charge is 0.410 e. The Morgan fingerprint density at radius 1 is 1.08 bits per heavy atom. The molecule has 3 saturated heterocycles. The van der Waals surface area contributed by atoms with Crippen LogP contribution in [-0.2, 0) is 9.47 Å². The number of ether oxygens (including phenoxy) is 4. The fraction of sp³-hybridized carbons (Fsp3) is 0.550. The highest BCUT2D eigenvalue weighted by Gasteiger charge is 2.48. The molecule has 2 aromatic heterocycles. The second-order valence-electron chi connectivity index (χ2n) is 15.6. The van der Waals surface area contributed by atoms with Crippen LogP contribution in [0.2, 0.25) is 0 Å². The molecule has 278 valence electrons. The number of aromatic amines is 1. The van der Waals surface area contributed by atoms with E-state index >= 15 is 0 Å². The predicted molar refractivity (Wildman–Crippen MR) is 204 cm³/mol. The van der Waals surface area contributed by atoms with Crippen LogP contribution >= 0.6 is 0 Å². The highest BCUT2D eigenvalue weighted by atomic mass is 16.6. The summed E-state index contributed by atoms with van der Waals surface area (Å²) in [5.41, 5.74) is 5.27. The number of methoxy groups -OCH3 is 1. The number of hydrogen-bond acceptors (Lipinski definition) is 10. The first-order valence-corrected chi connectivity index (χ1v) is 18.7. The quantitative estimate of drug-likeness (QED) is 0.187. The van der Waals surface area contributed by atoms with Crippen molar-refractivity contribution in [3.8, 4) is 22.9 Å². The van der Waals surface area contributed by atoms with Crippen molar-refractivity contribution >= 4 is 39.8 Å². The summed E-state index contributed by atoms with van der Waals surface area (Å²) < 4.78 is 24.2. The number of likely N-dealkylation sites (tertiary alicyclic amines) is 2. The molecule has 3 fully saturated rings. The first kappa shape index (κ1) is 36.0. The lowest BCUT2D eigenvalue weighted by Gasteiger charge is -2.53. The number of anilines is 1. The molecule has 0 aliphatic carbocycles. The molecule has 3 aliphatic rings. The van der Waals surface area contributed by atoms with E-state index in [9.17, 15) is 4.79 Å². The zero-order valence-corrected chi connectivity index (χ0v) is 31.6. The Morgan fingerprint density at radius 3 is 2.50 bits per heavy atom. The molecule has 7 rings (SSSR count). The molecule has 0 unspecified atom stereocenters. The van der Waals surface area contributed by atoms with Gasteiger partial charge in [0.15, 0.2) is 5.75 Å². The molecule has 12 nitrogen and oxygen atoms in total. The minimum absolute atomic E-state index is 0.00641. The summed E-state index contributed by atoms with van der Waals surface area (Å²) in [7, 11) is 1.74. The fourth-order valence-electron chi connectivity index (χ4n) is 8.02. The number of aryl methyl sites for hydroxylation is 1. The fourth-order valence-corrected chi connectivity index (χ4v) is 8.02. The highest BCUT2D eigenvalue weighted by molar-refractivity contribution is 6.07. The standard InChI is InChI=1S/C40H53N7O5/c1-8-27-22-29-34(35(50-9-2)33(27)32-26(3)10-11-31-30(32)23-41-44-31)42-37(51-28-12-16-45(17-13-28)20-21-49-7)43-36(29)46-18-14-40(15-19-46)24-47(25-40)38(48)52-39(4,5)6/h8,10-11,22-23,28H,1,9,12-21,24-25H2,2-7H3,(H,41,44). The van der Waals surface area contributed by atoms with Gasteiger partial charge in [-0.3, -0.25) is 5.10 Å². The normalized spacial score (nSPS) is 18.2. The molecule has 0 bridgehead atoms. The van der Waals surface area contributed by atoms with Gasteiger partial charge in [-0.2, -0.15) is 15.1 Å².